The van der Waals surface area contributed by atoms with Gasteiger partial charge in [0.25, 0.3) is 0 Å². The predicted octanol–water partition coefficient (Wildman–Crippen LogP) is 4.30. The average Bonchev–Trinajstić information content (AvgIpc) is 2.46. The van der Waals surface area contributed by atoms with Crippen LogP contribution in [0.25, 0.3) is 0 Å². The maximum Gasteiger partial charge on any atom is 0.0118 e. The van der Waals surface area contributed by atoms with Gasteiger partial charge in [0.1, 0.15) is 0 Å². The van der Waals surface area contributed by atoms with E-state index in [1.54, 1.807) is 0 Å². The molecular formula is C18H38N2. The van der Waals surface area contributed by atoms with Crippen LogP contribution in [-0.4, -0.2) is 37.6 Å². The van der Waals surface area contributed by atoms with Gasteiger partial charge in [0, 0.05) is 19.1 Å². The Hall–Kier alpha value is -0.0800. The minimum Gasteiger partial charge on any atom is -0.316 e. The summed E-state index contributed by atoms with van der Waals surface area (Å²) in [6, 6.07) is 0.812. The fraction of sp³-hybridized carbons (Fsp3) is 1.00. The highest BCUT2D eigenvalue weighted by Crippen LogP contribution is 2.32. The molecule has 0 aliphatic heterocycles. The highest BCUT2D eigenvalue weighted by atomic mass is 15.1. The van der Waals surface area contributed by atoms with Gasteiger partial charge in [-0.3, -0.25) is 0 Å². The maximum absolute atomic E-state index is 3.67. The van der Waals surface area contributed by atoms with E-state index in [1.165, 1.54) is 58.0 Å². The Morgan fingerprint density at radius 1 is 1.10 bits per heavy atom. The molecule has 0 saturated heterocycles. The summed E-state index contributed by atoms with van der Waals surface area (Å²) in [7, 11) is 2.37. The molecule has 20 heavy (non-hydrogen) atoms. The van der Waals surface area contributed by atoms with Gasteiger partial charge in [-0.15, -0.1) is 0 Å². The van der Waals surface area contributed by atoms with Gasteiger partial charge in [-0.05, 0) is 57.0 Å². The van der Waals surface area contributed by atoms with Crippen molar-refractivity contribution in [3.8, 4) is 0 Å². The van der Waals surface area contributed by atoms with Crippen LogP contribution >= 0.6 is 0 Å². The van der Waals surface area contributed by atoms with Crippen LogP contribution < -0.4 is 5.32 Å². The van der Waals surface area contributed by atoms with Gasteiger partial charge in [0.2, 0.25) is 0 Å². The van der Waals surface area contributed by atoms with E-state index in [2.05, 4.69) is 45.0 Å². The first-order valence-electron chi connectivity index (χ1n) is 8.99. The molecule has 0 spiro atoms. The lowest BCUT2D eigenvalue weighted by atomic mass is 9.79. The zero-order valence-electron chi connectivity index (χ0n) is 14.7. The molecule has 2 unspecified atom stereocenters. The summed E-state index contributed by atoms with van der Waals surface area (Å²) >= 11 is 0. The number of rotatable bonds is 9. The monoisotopic (exact) mass is 282 g/mol. The molecule has 0 aromatic heterocycles. The molecule has 120 valence electrons. The van der Waals surface area contributed by atoms with Gasteiger partial charge in [-0.25, -0.2) is 0 Å². The summed E-state index contributed by atoms with van der Waals surface area (Å²) in [5, 5.41) is 3.67. The molecule has 1 saturated carbocycles. The van der Waals surface area contributed by atoms with Crippen LogP contribution in [0.4, 0.5) is 0 Å². The molecule has 0 heterocycles. The van der Waals surface area contributed by atoms with E-state index in [0.717, 1.165) is 18.5 Å². The lowest BCUT2D eigenvalue weighted by molar-refractivity contribution is 0.0769. The molecule has 2 atom stereocenters. The van der Waals surface area contributed by atoms with Crippen molar-refractivity contribution < 1.29 is 0 Å². The van der Waals surface area contributed by atoms with Crippen molar-refractivity contribution in [2.24, 2.45) is 11.3 Å². The standard InChI is InChI=1S/C18H38N2/c1-6-13-19-14-18(7-2,8-3)15-20(5)17-12-10-9-11-16(17)4/h16-17,19H,6-15H2,1-5H3. The lowest BCUT2D eigenvalue weighted by Gasteiger charge is -2.42. The van der Waals surface area contributed by atoms with E-state index in [4.69, 9.17) is 0 Å². The summed E-state index contributed by atoms with van der Waals surface area (Å²) in [5.41, 5.74) is 0.459. The summed E-state index contributed by atoms with van der Waals surface area (Å²) in [6.07, 6.45) is 9.50. The van der Waals surface area contributed by atoms with E-state index in [-0.39, 0.29) is 0 Å². The highest BCUT2D eigenvalue weighted by Gasteiger charge is 2.32. The van der Waals surface area contributed by atoms with Crippen LogP contribution in [0.15, 0.2) is 0 Å². The Kier molecular flexibility index (Phi) is 8.13. The van der Waals surface area contributed by atoms with Crippen molar-refractivity contribution in [1.29, 1.82) is 0 Å². The van der Waals surface area contributed by atoms with Crippen LogP contribution in [0.2, 0.25) is 0 Å². The molecule has 1 aliphatic rings. The Morgan fingerprint density at radius 2 is 1.75 bits per heavy atom. The molecule has 1 rings (SSSR count). The van der Waals surface area contributed by atoms with Crippen LogP contribution in [0, 0.1) is 11.3 Å². The molecule has 0 aromatic carbocycles. The van der Waals surface area contributed by atoms with Gasteiger partial charge >= 0.3 is 0 Å². The van der Waals surface area contributed by atoms with Gasteiger partial charge in [-0.1, -0.05) is 40.5 Å². The molecule has 0 radical (unpaired) electrons. The molecular weight excluding hydrogens is 244 g/mol. The minimum absolute atomic E-state index is 0.459. The maximum atomic E-state index is 3.67. The summed E-state index contributed by atoms with van der Waals surface area (Å²) in [5.74, 6) is 0.878. The molecule has 1 aliphatic carbocycles. The van der Waals surface area contributed by atoms with Crippen molar-refractivity contribution in [2.75, 3.05) is 26.7 Å². The zero-order valence-corrected chi connectivity index (χ0v) is 14.7. The fourth-order valence-electron chi connectivity index (χ4n) is 3.91. The van der Waals surface area contributed by atoms with Crippen molar-refractivity contribution >= 4 is 0 Å². The summed E-state index contributed by atoms with van der Waals surface area (Å²) in [6.45, 7) is 13.0. The van der Waals surface area contributed by atoms with Crippen molar-refractivity contribution in [1.82, 2.24) is 10.2 Å². The van der Waals surface area contributed by atoms with Crippen LogP contribution in [0.5, 0.6) is 0 Å². The van der Waals surface area contributed by atoms with Crippen molar-refractivity contribution in [3.05, 3.63) is 0 Å². The smallest absolute Gasteiger partial charge is 0.0118 e. The third-order valence-electron chi connectivity index (χ3n) is 5.64. The topological polar surface area (TPSA) is 15.3 Å². The number of nitrogens with one attached hydrogen (secondary N) is 1. The summed E-state index contributed by atoms with van der Waals surface area (Å²) < 4.78 is 0. The molecule has 0 bridgehead atoms. The first kappa shape index (κ1) is 18.0. The number of nitrogens with zero attached hydrogens (tertiary/aromatic N) is 1. The van der Waals surface area contributed by atoms with Gasteiger partial charge < -0.3 is 10.2 Å². The molecule has 0 amide bonds. The van der Waals surface area contributed by atoms with Gasteiger partial charge in [-0.2, -0.15) is 0 Å². The fourth-order valence-corrected chi connectivity index (χ4v) is 3.91. The normalized spacial score (nSPS) is 24.3. The Labute approximate surface area is 127 Å². The van der Waals surface area contributed by atoms with E-state index in [9.17, 15) is 0 Å². The largest absolute Gasteiger partial charge is 0.316 e. The second-order valence-electron chi connectivity index (χ2n) is 7.13. The van der Waals surface area contributed by atoms with Crippen LogP contribution in [0.1, 0.15) is 72.6 Å². The molecule has 2 nitrogen and oxygen atoms in total. The Balaban J connectivity index is 2.58. The van der Waals surface area contributed by atoms with Crippen molar-refractivity contribution in [2.45, 2.75) is 78.7 Å². The van der Waals surface area contributed by atoms with Crippen molar-refractivity contribution in [3.63, 3.8) is 0 Å². The zero-order chi connectivity index (χ0) is 15.0. The Bertz CT molecular complexity index is 248. The van der Waals surface area contributed by atoms with Crippen LogP contribution in [0.3, 0.4) is 0 Å². The third kappa shape index (κ3) is 5.04. The van der Waals surface area contributed by atoms with Gasteiger partial charge in [0.05, 0.1) is 0 Å². The van der Waals surface area contributed by atoms with E-state index < -0.39 is 0 Å². The second kappa shape index (κ2) is 9.04. The molecule has 2 heteroatoms. The SMILES string of the molecule is CCCNCC(CC)(CC)CN(C)C1CCCCC1C. The average molecular weight is 283 g/mol. The van der Waals surface area contributed by atoms with E-state index in [0.29, 0.717) is 5.41 Å². The molecule has 1 fully saturated rings. The quantitative estimate of drug-likeness (QED) is 0.634. The van der Waals surface area contributed by atoms with Crippen LogP contribution in [-0.2, 0) is 0 Å². The second-order valence-corrected chi connectivity index (χ2v) is 7.13. The van der Waals surface area contributed by atoms with E-state index in [1.807, 2.05) is 0 Å². The number of hydrogen-bond acceptors (Lipinski definition) is 2. The highest BCUT2D eigenvalue weighted by molar-refractivity contribution is 4.87. The molecule has 0 aromatic rings. The number of hydrogen-bond donors (Lipinski definition) is 1. The molecule has 1 N–H and O–H groups in total. The third-order valence-corrected chi connectivity index (χ3v) is 5.64. The van der Waals surface area contributed by atoms with Gasteiger partial charge in [0.15, 0.2) is 0 Å². The minimum atomic E-state index is 0.459. The predicted molar refractivity (Wildman–Crippen MR) is 90.2 cm³/mol. The lowest BCUT2D eigenvalue weighted by Crippen LogP contribution is -2.48. The summed E-state index contributed by atoms with van der Waals surface area (Å²) in [4.78, 5) is 2.68. The Morgan fingerprint density at radius 3 is 2.30 bits per heavy atom. The van der Waals surface area contributed by atoms with E-state index >= 15 is 0 Å². The first-order chi connectivity index (χ1) is 9.58. The first-order valence-corrected chi connectivity index (χ1v) is 8.99.